The number of halogens is 2. The van der Waals surface area contributed by atoms with Crippen molar-refractivity contribution in [2.24, 2.45) is 0 Å². The zero-order valence-corrected chi connectivity index (χ0v) is 14.7. The number of hydrogen-bond donors (Lipinski definition) is 2. The Morgan fingerprint density at radius 3 is 2.50 bits per heavy atom. The molecule has 0 aliphatic heterocycles. The zero-order chi connectivity index (χ0) is 18.5. The average Bonchev–Trinajstić information content (AvgIpc) is 2.61. The summed E-state index contributed by atoms with van der Waals surface area (Å²) in [5.74, 6) is -0.0562. The Labute approximate surface area is 159 Å². The summed E-state index contributed by atoms with van der Waals surface area (Å²) >= 11 is 11.9. The summed E-state index contributed by atoms with van der Waals surface area (Å²) in [5.41, 5.74) is 1.54. The molecule has 2 aromatic carbocycles. The molecule has 0 spiro atoms. The van der Waals surface area contributed by atoms with Crippen LogP contribution in [0.5, 0.6) is 0 Å². The van der Waals surface area contributed by atoms with Crippen LogP contribution >= 0.6 is 23.2 Å². The predicted octanol–water partition coefficient (Wildman–Crippen LogP) is 4.65. The van der Waals surface area contributed by atoms with Crippen molar-refractivity contribution in [2.45, 2.75) is 0 Å². The van der Waals surface area contributed by atoms with Gasteiger partial charge in [-0.05, 0) is 30.3 Å². The van der Waals surface area contributed by atoms with Crippen molar-refractivity contribution < 1.29 is 4.79 Å². The van der Waals surface area contributed by atoms with E-state index >= 15 is 0 Å². The second-order valence-electron chi connectivity index (χ2n) is 5.18. The number of anilines is 3. The third-order valence-corrected chi connectivity index (χ3v) is 3.77. The van der Waals surface area contributed by atoms with E-state index < -0.39 is 5.91 Å². The monoisotopic (exact) mass is 383 g/mol. The van der Waals surface area contributed by atoms with Gasteiger partial charge in [0.05, 0.1) is 11.3 Å². The molecule has 1 heterocycles. The van der Waals surface area contributed by atoms with E-state index in [1.165, 1.54) is 12.4 Å². The molecule has 3 rings (SSSR count). The molecule has 0 saturated carbocycles. The van der Waals surface area contributed by atoms with Crippen LogP contribution in [0.15, 0.2) is 54.9 Å². The van der Waals surface area contributed by atoms with Gasteiger partial charge in [0.15, 0.2) is 0 Å². The zero-order valence-electron chi connectivity index (χ0n) is 13.2. The highest BCUT2D eigenvalue weighted by molar-refractivity contribution is 6.35. The van der Waals surface area contributed by atoms with E-state index in [0.717, 1.165) is 0 Å². The van der Waals surface area contributed by atoms with Gasteiger partial charge in [-0.1, -0.05) is 35.3 Å². The maximum Gasteiger partial charge on any atom is 0.274 e. The number of amides is 1. The number of aromatic nitrogens is 2. The largest absolute Gasteiger partial charge is 0.340 e. The number of hydrogen-bond acceptors (Lipinski definition) is 5. The van der Waals surface area contributed by atoms with Crippen LogP contribution in [-0.2, 0) is 0 Å². The molecule has 0 radical (unpaired) electrons. The first-order valence-corrected chi connectivity index (χ1v) is 8.16. The van der Waals surface area contributed by atoms with Crippen molar-refractivity contribution in [1.82, 2.24) is 9.97 Å². The third-order valence-electron chi connectivity index (χ3n) is 3.33. The summed E-state index contributed by atoms with van der Waals surface area (Å²) in [7, 11) is 0. The molecule has 0 saturated heterocycles. The SMILES string of the molecule is N#Cc1ccccc1NC(=O)c1cc(Nc2cc(Cl)cc(Cl)c2)ncn1. The number of benzene rings is 2. The number of carbonyl (C=O) groups is 1. The van der Waals surface area contributed by atoms with Crippen LogP contribution in [-0.4, -0.2) is 15.9 Å². The summed E-state index contributed by atoms with van der Waals surface area (Å²) in [6.07, 6.45) is 1.26. The topological polar surface area (TPSA) is 90.7 Å². The molecule has 0 bridgehead atoms. The molecular formula is C18H11Cl2N5O. The molecule has 0 aliphatic carbocycles. The van der Waals surface area contributed by atoms with E-state index in [0.29, 0.717) is 32.8 Å². The van der Waals surface area contributed by atoms with Crippen LogP contribution in [0.25, 0.3) is 0 Å². The Balaban J connectivity index is 1.80. The number of rotatable bonds is 4. The van der Waals surface area contributed by atoms with Gasteiger partial charge in [0.1, 0.15) is 23.9 Å². The Bertz CT molecular complexity index is 996. The van der Waals surface area contributed by atoms with Crippen LogP contribution in [0.1, 0.15) is 16.1 Å². The summed E-state index contributed by atoms with van der Waals surface area (Å²) in [6, 6.07) is 15.2. The lowest BCUT2D eigenvalue weighted by Gasteiger charge is -2.09. The standard InChI is InChI=1S/C18H11Cl2N5O/c19-12-5-13(20)7-14(6-12)24-17-8-16(22-10-23-17)18(26)25-15-4-2-1-3-11(15)9-21/h1-8,10H,(H,25,26)(H,22,23,24). The van der Waals surface area contributed by atoms with Gasteiger partial charge in [-0.3, -0.25) is 4.79 Å². The molecule has 3 aromatic rings. The van der Waals surface area contributed by atoms with E-state index in [9.17, 15) is 4.79 Å². The lowest BCUT2D eigenvalue weighted by atomic mass is 10.2. The smallest absolute Gasteiger partial charge is 0.274 e. The summed E-state index contributed by atoms with van der Waals surface area (Å²) in [6.45, 7) is 0. The van der Waals surface area contributed by atoms with Gasteiger partial charge in [-0.25, -0.2) is 9.97 Å². The van der Waals surface area contributed by atoms with E-state index in [1.54, 1.807) is 42.5 Å². The molecule has 128 valence electrons. The second kappa shape index (κ2) is 7.83. The Morgan fingerprint density at radius 1 is 1.04 bits per heavy atom. The van der Waals surface area contributed by atoms with Crippen molar-refractivity contribution >= 4 is 46.3 Å². The minimum Gasteiger partial charge on any atom is -0.340 e. The minimum atomic E-state index is -0.456. The first-order chi connectivity index (χ1) is 12.5. The highest BCUT2D eigenvalue weighted by atomic mass is 35.5. The van der Waals surface area contributed by atoms with Crippen molar-refractivity contribution in [2.75, 3.05) is 10.6 Å². The van der Waals surface area contributed by atoms with Gasteiger partial charge in [0.25, 0.3) is 5.91 Å². The van der Waals surface area contributed by atoms with E-state index in [4.69, 9.17) is 28.5 Å². The molecule has 0 aliphatic rings. The van der Waals surface area contributed by atoms with Crippen LogP contribution < -0.4 is 10.6 Å². The third kappa shape index (κ3) is 4.28. The fourth-order valence-electron chi connectivity index (χ4n) is 2.20. The molecule has 2 N–H and O–H groups in total. The summed E-state index contributed by atoms with van der Waals surface area (Å²) < 4.78 is 0. The molecule has 0 unspecified atom stereocenters. The average molecular weight is 384 g/mol. The normalized spacial score (nSPS) is 10.0. The fourth-order valence-corrected chi connectivity index (χ4v) is 2.73. The summed E-state index contributed by atoms with van der Waals surface area (Å²) in [5, 5.41) is 15.7. The Hall–Kier alpha value is -3.14. The highest BCUT2D eigenvalue weighted by Gasteiger charge is 2.11. The van der Waals surface area contributed by atoms with Crippen molar-refractivity contribution in [3.63, 3.8) is 0 Å². The molecule has 0 atom stereocenters. The first kappa shape index (κ1) is 17.7. The first-order valence-electron chi connectivity index (χ1n) is 7.41. The van der Waals surface area contributed by atoms with Crippen molar-refractivity contribution in [1.29, 1.82) is 5.26 Å². The highest BCUT2D eigenvalue weighted by Crippen LogP contribution is 2.24. The van der Waals surface area contributed by atoms with Gasteiger partial charge in [0.2, 0.25) is 0 Å². The maximum atomic E-state index is 12.4. The van der Waals surface area contributed by atoms with Crippen LogP contribution in [0.2, 0.25) is 10.0 Å². The van der Waals surface area contributed by atoms with Crippen LogP contribution in [0.4, 0.5) is 17.2 Å². The van der Waals surface area contributed by atoms with E-state index in [-0.39, 0.29) is 5.69 Å². The molecule has 26 heavy (non-hydrogen) atoms. The van der Waals surface area contributed by atoms with Gasteiger partial charge in [0, 0.05) is 21.8 Å². The number of nitrogens with one attached hydrogen (secondary N) is 2. The minimum absolute atomic E-state index is 0.142. The molecular weight excluding hydrogens is 373 g/mol. The Kier molecular flexibility index (Phi) is 5.32. The number of para-hydroxylation sites is 1. The number of nitrogens with zero attached hydrogens (tertiary/aromatic N) is 3. The molecule has 1 aromatic heterocycles. The van der Waals surface area contributed by atoms with Gasteiger partial charge >= 0.3 is 0 Å². The van der Waals surface area contributed by atoms with Crippen molar-refractivity contribution in [3.05, 3.63) is 76.2 Å². The molecule has 8 heteroatoms. The summed E-state index contributed by atoms with van der Waals surface area (Å²) in [4.78, 5) is 20.5. The van der Waals surface area contributed by atoms with Gasteiger partial charge in [-0.2, -0.15) is 5.26 Å². The predicted molar refractivity (Wildman–Crippen MR) is 101 cm³/mol. The van der Waals surface area contributed by atoms with Gasteiger partial charge < -0.3 is 10.6 Å². The molecule has 0 fully saturated rings. The quantitative estimate of drug-likeness (QED) is 0.683. The lowest BCUT2D eigenvalue weighted by molar-refractivity contribution is 0.102. The van der Waals surface area contributed by atoms with Crippen LogP contribution in [0.3, 0.4) is 0 Å². The maximum absolute atomic E-state index is 12.4. The lowest BCUT2D eigenvalue weighted by Crippen LogP contribution is -2.15. The van der Waals surface area contributed by atoms with Gasteiger partial charge in [-0.15, -0.1) is 0 Å². The van der Waals surface area contributed by atoms with E-state index in [1.807, 2.05) is 6.07 Å². The van der Waals surface area contributed by atoms with E-state index in [2.05, 4.69) is 20.6 Å². The number of carbonyl (C=O) groups excluding carboxylic acids is 1. The number of nitriles is 1. The Morgan fingerprint density at radius 2 is 1.77 bits per heavy atom. The second-order valence-corrected chi connectivity index (χ2v) is 6.06. The molecule has 6 nitrogen and oxygen atoms in total. The fraction of sp³-hybridized carbons (Fsp3) is 0. The van der Waals surface area contributed by atoms with Crippen molar-refractivity contribution in [3.8, 4) is 6.07 Å². The molecule has 1 amide bonds. The van der Waals surface area contributed by atoms with Crippen LogP contribution in [0, 0.1) is 11.3 Å².